The SMILES string of the molecule is Cn1cnc(C(=O)Nc2ccccc2CN)c1. The molecule has 5 heteroatoms. The minimum absolute atomic E-state index is 0.230. The number of hydrogen-bond donors (Lipinski definition) is 2. The van der Waals surface area contributed by atoms with Crippen molar-refractivity contribution in [1.29, 1.82) is 0 Å². The van der Waals surface area contributed by atoms with Gasteiger partial charge in [0.1, 0.15) is 5.69 Å². The van der Waals surface area contributed by atoms with Crippen LogP contribution in [0.15, 0.2) is 36.8 Å². The minimum atomic E-state index is -0.230. The van der Waals surface area contributed by atoms with Crippen LogP contribution in [0.2, 0.25) is 0 Å². The van der Waals surface area contributed by atoms with Crippen molar-refractivity contribution >= 4 is 11.6 Å². The maximum absolute atomic E-state index is 11.9. The van der Waals surface area contributed by atoms with E-state index < -0.39 is 0 Å². The van der Waals surface area contributed by atoms with E-state index in [4.69, 9.17) is 5.73 Å². The molecule has 1 aromatic heterocycles. The highest BCUT2D eigenvalue weighted by molar-refractivity contribution is 6.03. The first kappa shape index (κ1) is 11.3. The average molecular weight is 230 g/mol. The van der Waals surface area contributed by atoms with Gasteiger partial charge in [-0.1, -0.05) is 18.2 Å². The van der Waals surface area contributed by atoms with Gasteiger partial charge >= 0.3 is 0 Å². The molecule has 88 valence electrons. The lowest BCUT2D eigenvalue weighted by Gasteiger charge is -2.07. The predicted molar refractivity (Wildman–Crippen MR) is 65.5 cm³/mol. The Morgan fingerprint density at radius 1 is 1.47 bits per heavy atom. The van der Waals surface area contributed by atoms with Crippen LogP contribution in [0.25, 0.3) is 0 Å². The summed E-state index contributed by atoms with van der Waals surface area (Å²) < 4.78 is 1.73. The van der Waals surface area contributed by atoms with Gasteiger partial charge in [0.05, 0.1) is 6.33 Å². The lowest BCUT2D eigenvalue weighted by molar-refractivity contribution is 0.102. The van der Waals surface area contributed by atoms with E-state index in [1.54, 1.807) is 17.1 Å². The van der Waals surface area contributed by atoms with Crippen LogP contribution in [0, 0.1) is 0 Å². The van der Waals surface area contributed by atoms with Crippen LogP contribution in [0.4, 0.5) is 5.69 Å². The van der Waals surface area contributed by atoms with Gasteiger partial charge in [-0.2, -0.15) is 0 Å². The van der Waals surface area contributed by atoms with E-state index in [1.165, 1.54) is 0 Å². The van der Waals surface area contributed by atoms with Gasteiger partial charge in [0, 0.05) is 25.5 Å². The van der Waals surface area contributed by atoms with E-state index in [0.29, 0.717) is 12.2 Å². The van der Waals surface area contributed by atoms with Crippen LogP contribution in [-0.4, -0.2) is 15.5 Å². The van der Waals surface area contributed by atoms with Crippen molar-refractivity contribution in [3.8, 4) is 0 Å². The van der Waals surface area contributed by atoms with Crippen molar-refractivity contribution < 1.29 is 4.79 Å². The quantitative estimate of drug-likeness (QED) is 0.830. The molecule has 2 aromatic rings. The van der Waals surface area contributed by atoms with Crippen LogP contribution in [0.3, 0.4) is 0 Å². The number of benzene rings is 1. The Balaban J connectivity index is 2.18. The number of aromatic nitrogens is 2. The lowest BCUT2D eigenvalue weighted by atomic mass is 10.2. The maximum atomic E-state index is 11.9. The van der Waals surface area contributed by atoms with Crippen LogP contribution < -0.4 is 11.1 Å². The molecule has 0 saturated carbocycles. The summed E-state index contributed by atoms with van der Waals surface area (Å²) in [4.78, 5) is 15.9. The Labute approximate surface area is 99.3 Å². The number of nitrogens with one attached hydrogen (secondary N) is 1. The first-order valence-electron chi connectivity index (χ1n) is 5.28. The van der Waals surface area contributed by atoms with Gasteiger partial charge < -0.3 is 15.6 Å². The van der Waals surface area contributed by atoms with Gasteiger partial charge in [0.25, 0.3) is 5.91 Å². The van der Waals surface area contributed by atoms with E-state index in [0.717, 1.165) is 11.3 Å². The second kappa shape index (κ2) is 4.80. The van der Waals surface area contributed by atoms with Gasteiger partial charge in [-0.05, 0) is 11.6 Å². The average Bonchev–Trinajstić information content (AvgIpc) is 2.77. The van der Waals surface area contributed by atoms with E-state index >= 15 is 0 Å². The molecule has 0 unspecified atom stereocenters. The normalized spacial score (nSPS) is 10.2. The van der Waals surface area contributed by atoms with Crippen LogP contribution in [-0.2, 0) is 13.6 Å². The zero-order valence-corrected chi connectivity index (χ0v) is 9.55. The largest absolute Gasteiger partial charge is 0.340 e. The number of hydrogen-bond acceptors (Lipinski definition) is 3. The molecule has 0 radical (unpaired) electrons. The predicted octanol–water partition coefficient (Wildman–Crippen LogP) is 1.13. The van der Waals surface area contributed by atoms with Crippen LogP contribution in [0.1, 0.15) is 16.1 Å². The highest BCUT2D eigenvalue weighted by Crippen LogP contribution is 2.14. The number of aryl methyl sites for hydroxylation is 1. The second-order valence-corrected chi connectivity index (χ2v) is 3.74. The molecule has 1 heterocycles. The second-order valence-electron chi connectivity index (χ2n) is 3.74. The molecule has 1 aromatic carbocycles. The molecule has 0 aliphatic heterocycles. The van der Waals surface area contributed by atoms with Crippen molar-refractivity contribution in [1.82, 2.24) is 9.55 Å². The lowest BCUT2D eigenvalue weighted by Crippen LogP contribution is -2.14. The zero-order valence-electron chi connectivity index (χ0n) is 9.55. The standard InChI is InChI=1S/C12H14N4O/c1-16-7-11(14-8-16)12(17)15-10-5-3-2-4-9(10)6-13/h2-5,7-8H,6,13H2,1H3,(H,15,17). The summed E-state index contributed by atoms with van der Waals surface area (Å²) in [6.07, 6.45) is 3.25. The fourth-order valence-corrected chi connectivity index (χ4v) is 1.54. The summed E-state index contributed by atoms with van der Waals surface area (Å²) in [5, 5.41) is 2.80. The van der Waals surface area contributed by atoms with E-state index in [1.807, 2.05) is 31.3 Å². The first-order chi connectivity index (χ1) is 8.20. The van der Waals surface area contributed by atoms with Crippen molar-refractivity contribution in [2.45, 2.75) is 6.54 Å². The molecule has 0 bridgehead atoms. The smallest absolute Gasteiger partial charge is 0.275 e. The molecular formula is C12H14N4O. The first-order valence-corrected chi connectivity index (χ1v) is 5.28. The van der Waals surface area contributed by atoms with E-state index in [-0.39, 0.29) is 5.91 Å². The van der Waals surface area contributed by atoms with Gasteiger partial charge in [-0.3, -0.25) is 4.79 Å². The number of anilines is 1. The van der Waals surface area contributed by atoms with Crippen LogP contribution in [0.5, 0.6) is 0 Å². The number of rotatable bonds is 3. The zero-order chi connectivity index (χ0) is 12.3. The Kier molecular flexibility index (Phi) is 3.20. The fraction of sp³-hybridized carbons (Fsp3) is 0.167. The highest BCUT2D eigenvalue weighted by atomic mass is 16.1. The molecule has 0 fully saturated rings. The third kappa shape index (κ3) is 2.51. The van der Waals surface area contributed by atoms with Crippen molar-refractivity contribution in [2.24, 2.45) is 12.8 Å². The molecule has 1 amide bonds. The summed E-state index contributed by atoms with van der Waals surface area (Å²) in [5.41, 5.74) is 7.61. The molecule has 0 aliphatic rings. The summed E-state index contributed by atoms with van der Waals surface area (Å²) in [5.74, 6) is -0.230. The number of nitrogens with zero attached hydrogens (tertiary/aromatic N) is 2. The Morgan fingerprint density at radius 2 is 2.24 bits per heavy atom. The summed E-state index contributed by atoms with van der Waals surface area (Å²) in [6.45, 7) is 0.388. The third-order valence-corrected chi connectivity index (χ3v) is 2.42. The van der Waals surface area contributed by atoms with Crippen molar-refractivity contribution in [3.05, 3.63) is 48.0 Å². The fourth-order valence-electron chi connectivity index (χ4n) is 1.54. The van der Waals surface area contributed by atoms with Gasteiger partial charge in [0.2, 0.25) is 0 Å². The van der Waals surface area contributed by atoms with E-state index in [2.05, 4.69) is 10.3 Å². The van der Waals surface area contributed by atoms with Gasteiger partial charge in [-0.25, -0.2) is 4.98 Å². The Hall–Kier alpha value is -2.14. The summed E-state index contributed by atoms with van der Waals surface area (Å²) in [7, 11) is 1.82. The number of nitrogens with two attached hydrogens (primary N) is 1. The highest BCUT2D eigenvalue weighted by Gasteiger charge is 2.10. The molecule has 2 rings (SSSR count). The summed E-state index contributed by atoms with van der Waals surface area (Å²) in [6, 6.07) is 7.45. The van der Waals surface area contributed by atoms with Crippen LogP contribution >= 0.6 is 0 Å². The molecular weight excluding hydrogens is 216 g/mol. The third-order valence-electron chi connectivity index (χ3n) is 2.42. The molecule has 17 heavy (non-hydrogen) atoms. The Morgan fingerprint density at radius 3 is 2.88 bits per heavy atom. The van der Waals surface area contributed by atoms with Gasteiger partial charge in [-0.15, -0.1) is 0 Å². The molecule has 0 atom stereocenters. The van der Waals surface area contributed by atoms with E-state index in [9.17, 15) is 4.79 Å². The monoisotopic (exact) mass is 230 g/mol. The minimum Gasteiger partial charge on any atom is -0.340 e. The molecule has 0 spiro atoms. The Bertz CT molecular complexity index is 533. The number of imidazole rings is 1. The maximum Gasteiger partial charge on any atom is 0.275 e. The van der Waals surface area contributed by atoms with Crippen molar-refractivity contribution in [2.75, 3.05) is 5.32 Å². The molecule has 5 nitrogen and oxygen atoms in total. The topological polar surface area (TPSA) is 72.9 Å². The number of carbonyl (C=O) groups is 1. The van der Waals surface area contributed by atoms with Crippen molar-refractivity contribution in [3.63, 3.8) is 0 Å². The number of carbonyl (C=O) groups excluding carboxylic acids is 1. The molecule has 0 aliphatic carbocycles. The summed E-state index contributed by atoms with van der Waals surface area (Å²) >= 11 is 0. The number of para-hydroxylation sites is 1. The molecule has 0 saturated heterocycles. The van der Waals surface area contributed by atoms with Gasteiger partial charge in [0.15, 0.2) is 0 Å². The number of amides is 1. The molecule has 3 N–H and O–H groups in total.